The van der Waals surface area contributed by atoms with Crippen molar-refractivity contribution >= 4 is 27.3 Å². The highest BCUT2D eigenvalue weighted by atomic mass is 32.2. The van der Waals surface area contributed by atoms with Crippen LogP contribution in [0, 0.1) is 6.92 Å². The fourth-order valence-corrected chi connectivity index (χ4v) is 4.52. The van der Waals surface area contributed by atoms with E-state index in [1.54, 1.807) is 47.4 Å². The lowest BCUT2D eigenvalue weighted by atomic mass is 10.1. The first kappa shape index (κ1) is 18.3. The third-order valence-electron chi connectivity index (χ3n) is 4.79. The zero-order chi connectivity index (χ0) is 19.7. The van der Waals surface area contributed by atoms with E-state index < -0.39 is 10.0 Å². The first-order valence-corrected chi connectivity index (χ1v) is 10.5. The van der Waals surface area contributed by atoms with Crippen molar-refractivity contribution in [2.75, 3.05) is 16.2 Å². The molecule has 1 aliphatic heterocycles. The molecule has 0 saturated carbocycles. The summed E-state index contributed by atoms with van der Waals surface area (Å²) in [6, 6.07) is 21.2. The molecular formula is C22H20N2O3S. The first-order chi connectivity index (χ1) is 13.4. The third-order valence-corrected chi connectivity index (χ3v) is 6.17. The van der Waals surface area contributed by atoms with E-state index in [0.29, 0.717) is 24.2 Å². The van der Waals surface area contributed by atoms with Crippen LogP contribution in [0.2, 0.25) is 0 Å². The van der Waals surface area contributed by atoms with Crippen LogP contribution < -0.4 is 9.62 Å². The number of rotatable bonds is 4. The molecule has 3 aromatic rings. The van der Waals surface area contributed by atoms with Crippen LogP contribution in [-0.2, 0) is 16.4 Å². The van der Waals surface area contributed by atoms with Gasteiger partial charge in [0, 0.05) is 23.5 Å². The molecule has 5 nitrogen and oxygen atoms in total. The highest BCUT2D eigenvalue weighted by Gasteiger charge is 2.27. The van der Waals surface area contributed by atoms with E-state index in [1.165, 1.54) is 0 Å². The molecule has 1 N–H and O–H groups in total. The van der Waals surface area contributed by atoms with Crippen molar-refractivity contribution in [3.63, 3.8) is 0 Å². The number of anilines is 2. The average Bonchev–Trinajstić information content (AvgIpc) is 3.11. The summed E-state index contributed by atoms with van der Waals surface area (Å²) in [7, 11) is -3.70. The van der Waals surface area contributed by atoms with Crippen molar-refractivity contribution in [2.45, 2.75) is 18.2 Å². The van der Waals surface area contributed by atoms with Gasteiger partial charge in [-0.2, -0.15) is 0 Å². The summed E-state index contributed by atoms with van der Waals surface area (Å²) < 4.78 is 28.1. The normalized spacial score (nSPS) is 13.2. The Morgan fingerprint density at radius 1 is 0.964 bits per heavy atom. The maximum Gasteiger partial charge on any atom is 0.261 e. The van der Waals surface area contributed by atoms with E-state index in [0.717, 1.165) is 16.8 Å². The zero-order valence-electron chi connectivity index (χ0n) is 15.4. The molecular weight excluding hydrogens is 372 g/mol. The summed E-state index contributed by atoms with van der Waals surface area (Å²) in [5, 5.41) is 0. The Hall–Kier alpha value is -3.12. The maximum absolute atomic E-state index is 12.8. The fraction of sp³-hybridized carbons (Fsp3) is 0.136. The molecule has 28 heavy (non-hydrogen) atoms. The van der Waals surface area contributed by atoms with Crippen molar-refractivity contribution in [2.24, 2.45) is 0 Å². The predicted octanol–water partition coefficient (Wildman–Crippen LogP) is 4.00. The molecule has 0 fully saturated rings. The number of nitrogens with zero attached hydrogens (tertiary/aromatic N) is 1. The second-order valence-corrected chi connectivity index (χ2v) is 8.52. The molecule has 1 amide bonds. The van der Waals surface area contributed by atoms with E-state index in [2.05, 4.69) is 4.72 Å². The molecule has 0 atom stereocenters. The largest absolute Gasteiger partial charge is 0.308 e. The first-order valence-electron chi connectivity index (χ1n) is 9.03. The van der Waals surface area contributed by atoms with Gasteiger partial charge in [-0.3, -0.25) is 9.52 Å². The molecule has 6 heteroatoms. The molecule has 0 spiro atoms. The van der Waals surface area contributed by atoms with E-state index in [9.17, 15) is 13.2 Å². The number of hydrogen-bond donors (Lipinski definition) is 1. The summed E-state index contributed by atoms with van der Waals surface area (Å²) in [6.07, 6.45) is 0.627. The number of hydrogen-bond acceptors (Lipinski definition) is 3. The summed E-state index contributed by atoms with van der Waals surface area (Å²) in [5.74, 6) is -0.0761. The average molecular weight is 392 g/mol. The summed E-state index contributed by atoms with van der Waals surface area (Å²) in [5.41, 5.74) is 3.75. The Labute approximate surface area is 164 Å². The number of carbonyl (C=O) groups is 1. The van der Waals surface area contributed by atoms with E-state index >= 15 is 0 Å². The van der Waals surface area contributed by atoms with Gasteiger partial charge in [-0.25, -0.2) is 8.42 Å². The summed E-state index contributed by atoms with van der Waals surface area (Å²) in [4.78, 5) is 14.7. The Kier molecular flexibility index (Phi) is 4.65. The number of sulfonamides is 1. The lowest BCUT2D eigenvalue weighted by Gasteiger charge is -2.18. The molecule has 1 aliphatic rings. The molecule has 3 aromatic carbocycles. The standard InChI is InChI=1S/C22H20N2O3S/c1-16-6-5-9-19(14-16)23-28(26,27)20-10-11-21-18(15-20)12-13-24(21)22(25)17-7-3-2-4-8-17/h2-11,14-15,23H,12-13H2,1H3. The minimum absolute atomic E-state index is 0.0761. The van der Waals surface area contributed by atoms with Crippen molar-refractivity contribution < 1.29 is 13.2 Å². The molecule has 0 aromatic heterocycles. The maximum atomic E-state index is 12.8. The van der Waals surface area contributed by atoms with Gasteiger partial charge in [0.25, 0.3) is 15.9 Å². The number of benzene rings is 3. The Morgan fingerprint density at radius 2 is 1.75 bits per heavy atom. The molecule has 142 valence electrons. The molecule has 1 heterocycles. The van der Waals surface area contributed by atoms with Crippen molar-refractivity contribution in [1.29, 1.82) is 0 Å². The van der Waals surface area contributed by atoms with Gasteiger partial charge in [0.1, 0.15) is 0 Å². The second-order valence-electron chi connectivity index (χ2n) is 6.84. The second kappa shape index (κ2) is 7.13. The SMILES string of the molecule is Cc1cccc(NS(=O)(=O)c2ccc3c(c2)CCN3C(=O)c2ccccc2)c1. The Balaban J connectivity index is 1.60. The van der Waals surface area contributed by atoms with Gasteiger partial charge in [-0.1, -0.05) is 30.3 Å². The van der Waals surface area contributed by atoms with Crippen LogP contribution in [-0.4, -0.2) is 20.9 Å². The third kappa shape index (κ3) is 3.51. The van der Waals surface area contributed by atoms with Crippen LogP contribution in [0.4, 0.5) is 11.4 Å². The monoisotopic (exact) mass is 392 g/mol. The highest BCUT2D eigenvalue weighted by molar-refractivity contribution is 7.92. The zero-order valence-corrected chi connectivity index (χ0v) is 16.2. The Morgan fingerprint density at radius 3 is 2.50 bits per heavy atom. The number of carbonyl (C=O) groups excluding carboxylic acids is 1. The van der Waals surface area contributed by atoms with Gasteiger partial charge >= 0.3 is 0 Å². The van der Waals surface area contributed by atoms with Crippen molar-refractivity contribution in [3.8, 4) is 0 Å². The smallest absolute Gasteiger partial charge is 0.261 e. The van der Waals surface area contributed by atoms with E-state index in [-0.39, 0.29) is 10.8 Å². The Bertz CT molecular complexity index is 1140. The van der Waals surface area contributed by atoms with E-state index in [1.807, 2.05) is 37.3 Å². The topological polar surface area (TPSA) is 66.5 Å². The molecule has 0 bridgehead atoms. The van der Waals surface area contributed by atoms with Crippen LogP contribution in [0.25, 0.3) is 0 Å². The predicted molar refractivity (Wildman–Crippen MR) is 110 cm³/mol. The number of fused-ring (bicyclic) bond motifs is 1. The van der Waals surface area contributed by atoms with Crippen LogP contribution >= 0.6 is 0 Å². The lowest BCUT2D eigenvalue weighted by Crippen LogP contribution is -2.28. The fourth-order valence-electron chi connectivity index (χ4n) is 3.42. The molecule has 0 unspecified atom stereocenters. The molecule has 0 saturated heterocycles. The quantitative estimate of drug-likeness (QED) is 0.730. The van der Waals surface area contributed by atoms with Gasteiger partial charge in [-0.05, 0) is 66.9 Å². The minimum atomic E-state index is -3.70. The minimum Gasteiger partial charge on any atom is -0.308 e. The van der Waals surface area contributed by atoms with Crippen LogP contribution in [0.3, 0.4) is 0 Å². The van der Waals surface area contributed by atoms with Gasteiger partial charge in [0.15, 0.2) is 0 Å². The number of nitrogens with one attached hydrogen (secondary N) is 1. The van der Waals surface area contributed by atoms with E-state index in [4.69, 9.17) is 0 Å². The van der Waals surface area contributed by atoms with Crippen LogP contribution in [0.1, 0.15) is 21.5 Å². The number of aryl methyl sites for hydroxylation is 1. The van der Waals surface area contributed by atoms with Crippen molar-refractivity contribution in [1.82, 2.24) is 0 Å². The highest BCUT2D eigenvalue weighted by Crippen LogP contribution is 2.32. The van der Waals surface area contributed by atoms with Crippen LogP contribution in [0.15, 0.2) is 77.7 Å². The van der Waals surface area contributed by atoms with Gasteiger partial charge in [-0.15, -0.1) is 0 Å². The summed E-state index contributed by atoms with van der Waals surface area (Å²) >= 11 is 0. The molecule has 4 rings (SSSR count). The number of amides is 1. The molecule has 0 radical (unpaired) electrons. The molecule has 0 aliphatic carbocycles. The van der Waals surface area contributed by atoms with Crippen molar-refractivity contribution in [3.05, 3.63) is 89.5 Å². The van der Waals surface area contributed by atoms with Gasteiger partial charge in [0.2, 0.25) is 0 Å². The van der Waals surface area contributed by atoms with Gasteiger partial charge in [0.05, 0.1) is 4.90 Å². The lowest BCUT2D eigenvalue weighted by molar-refractivity contribution is 0.0989. The van der Waals surface area contributed by atoms with Gasteiger partial charge < -0.3 is 4.90 Å². The van der Waals surface area contributed by atoms with Crippen LogP contribution in [0.5, 0.6) is 0 Å². The summed E-state index contributed by atoms with van der Waals surface area (Å²) in [6.45, 7) is 2.45.